The molecule has 0 fully saturated rings. The maximum Gasteiger partial charge on any atom is 0.240 e. The van der Waals surface area contributed by atoms with Crippen molar-refractivity contribution in [2.24, 2.45) is 0 Å². The van der Waals surface area contributed by atoms with Gasteiger partial charge in [0, 0.05) is 18.9 Å². The van der Waals surface area contributed by atoms with Crippen LogP contribution in [-0.4, -0.2) is 35.5 Å². The van der Waals surface area contributed by atoms with Gasteiger partial charge in [-0.25, -0.2) is 21.6 Å². The Morgan fingerprint density at radius 2 is 1.73 bits per heavy atom. The number of nitrogens with one attached hydrogen (secondary N) is 1. The first kappa shape index (κ1) is 21.9. The lowest BCUT2D eigenvalue weighted by molar-refractivity contribution is 0.414. The number of sulfonamides is 1. The lowest BCUT2D eigenvalue weighted by Crippen LogP contribution is -2.32. The Bertz CT molecular complexity index is 1210. The zero-order valence-corrected chi connectivity index (χ0v) is 18.2. The summed E-state index contributed by atoms with van der Waals surface area (Å²) in [5, 5.41) is -1.14. The minimum Gasteiger partial charge on any atom is -0.497 e. The van der Waals surface area contributed by atoms with Crippen molar-refractivity contribution < 1.29 is 21.6 Å². The van der Waals surface area contributed by atoms with Gasteiger partial charge in [0.1, 0.15) is 11.0 Å². The molecule has 1 aromatic heterocycles. The molecule has 0 aliphatic rings. The molecule has 0 unspecified atom stereocenters. The molecule has 9 heteroatoms. The van der Waals surface area contributed by atoms with Gasteiger partial charge in [-0.2, -0.15) is 0 Å². The summed E-state index contributed by atoms with van der Waals surface area (Å²) in [5.74, 6) is 0.534. The van der Waals surface area contributed by atoms with E-state index in [1.54, 1.807) is 49.4 Å². The summed E-state index contributed by atoms with van der Waals surface area (Å²) in [5.41, 5.74) is 0.890. The van der Waals surface area contributed by atoms with Gasteiger partial charge in [0.25, 0.3) is 0 Å². The van der Waals surface area contributed by atoms with E-state index in [1.807, 2.05) is 0 Å². The maximum absolute atomic E-state index is 13.3. The molecule has 0 spiro atoms. The van der Waals surface area contributed by atoms with Crippen LogP contribution in [0.5, 0.6) is 5.75 Å². The van der Waals surface area contributed by atoms with Crippen molar-refractivity contribution in [2.75, 3.05) is 13.7 Å². The Hall–Kier alpha value is -2.75. The number of aromatic nitrogens is 1. The Morgan fingerprint density at radius 1 is 1.00 bits per heavy atom. The number of ether oxygens (including phenoxy) is 1. The summed E-state index contributed by atoms with van der Waals surface area (Å²) in [7, 11) is -6.32. The summed E-state index contributed by atoms with van der Waals surface area (Å²) >= 11 is 0. The first-order valence-corrected chi connectivity index (χ1v) is 12.1. The Morgan fingerprint density at radius 3 is 2.33 bits per heavy atom. The van der Waals surface area contributed by atoms with Crippen LogP contribution < -0.4 is 9.46 Å². The minimum atomic E-state index is -3.95. The molecule has 158 valence electrons. The number of hydrogen-bond donors (Lipinski definition) is 1. The third-order valence-electron chi connectivity index (χ3n) is 4.63. The van der Waals surface area contributed by atoms with Crippen LogP contribution in [0.25, 0.3) is 0 Å². The number of aryl methyl sites for hydroxylation is 1. The van der Waals surface area contributed by atoms with Crippen molar-refractivity contribution in [3.63, 3.8) is 0 Å². The second-order valence-electron chi connectivity index (χ2n) is 6.62. The average Bonchev–Trinajstić information content (AvgIpc) is 2.74. The van der Waals surface area contributed by atoms with E-state index in [0.717, 1.165) is 0 Å². The molecule has 30 heavy (non-hydrogen) atoms. The zero-order valence-electron chi connectivity index (χ0n) is 16.5. The lowest BCUT2D eigenvalue weighted by Gasteiger charge is -2.19. The molecule has 0 saturated carbocycles. The lowest BCUT2D eigenvalue weighted by atomic mass is 10.2. The number of benzene rings is 2. The Balaban J connectivity index is 1.95. The van der Waals surface area contributed by atoms with Crippen molar-refractivity contribution in [3.05, 3.63) is 84.2 Å². The summed E-state index contributed by atoms with van der Waals surface area (Å²) in [6.45, 7) is 1.31. The fraction of sp³-hybridized carbons (Fsp3) is 0.190. The third kappa shape index (κ3) is 4.69. The highest BCUT2D eigenvalue weighted by Gasteiger charge is 2.31. The van der Waals surface area contributed by atoms with Gasteiger partial charge in [-0.05, 0) is 54.4 Å². The number of rotatable bonds is 8. The van der Waals surface area contributed by atoms with Gasteiger partial charge in [-0.3, -0.25) is 4.98 Å². The normalized spacial score (nSPS) is 13.0. The number of hydrogen-bond acceptors (Lipinski definition) is 6. The van der Waals surface area contributed by atoms with E-state index < -0.39 is 25.1 Å². The summed E-state index contributed by atoms with van der Waals surface area (Å²) in [6.07, 6.45) is 2.96. The molecule has 0 amide bonds. The second kappa shape index (κ2) is 8.95. The van der Waals surface area contributed by atoms with Crippen molar-refractivity contribution in [1.29, 1.82) is 0 Å². The van der Waals surface area contributed by atoms with Crippen LogP contribution in [0.15, 0.2) is 82.8 Å². The molecule has 1 N–H and O–H groups in total. The number of methoxy groups -OCH3 is 1. The van der Waals surface area contributed by atoms with Crippen LogP contribution in [0.4, 0.5) is 0 Å². The molecule has 0 radical (unpaired) electrons. The van der Waals surface area contributed by atoms with Gasteiger partial charge in [0.05, 0.1) is 16.9 Å². The maximum atomic E-state index is 13.3. The van der Waals surface area contributed by atoms with Gasteiger partial charge in [-0.15, -0.1) is 0 Å². The van der Waals surface area contributed by atoms with Crippen LogP contribution in [0, 0.1) is 6.92 Å². The van der Waals surface area contributed by atoms with Crippen molar-refractivity contribution in [2.45, 2.75) is 22.0 Å². The summed E-state index contributed by atoms with van der Waals surface area (Å²) in [6, 6.07) is 15.7. The molecule has 3 aromatic rings. The van der Waals surface area contributed by atoms with Crippen molar-refractivity contribution >= 4 is 19.9 Å². The molecular weight excluding hydrogens is 424 g/mol. The van der Waals surface area contributed by atoms with Gasteiger partial charge in [0.15, 0.2) is 9.84 Å². The highest BCUT2D eigenvalue weighted by molar-refractivity contribution is 7.92. The Labute approximate surface area is 176 Å². The van der Waals surface area contributed by atoms with Crippen LogP contribution >= 0.6 is 0 Å². The average molecular weight is 447 g/mol. The molecule has 0 saturated heterocycles. The number of sulfone groups is 1. The molecule has 1 heterocycles. The monoisotopic (exact) mass is 446 g/mol. The van der Waals surface area contributed by atoms with E-state index in [9.17, 15) is 16.8 Å². The second-order valence-corrected chi connectivity index (χ2v) is 10.5. The minimum absolute atomic E-state index is 0.0605. The first-order chi connectivity index (χ1) is 14.3. The third-order valence-corrected chi connectivity index (χ3v) is 8.33. The summed E-state index contributed by atoms with van der Waals surface area (Å²) in [4.78, 5) is 4.16. The van der Waals surface area contributed by atoms with Crippen molar-refractivity contribution in [1.82, 2.24) is 9.71 Å². The molecule has 0 aliphatic heterocycles. The summed E-state index contributed by atoms with van der Waals surface area (Å²) < 4.78 is 59.9. The van der Waals surface area contributed by atoms with E-state index in [0.29, 0.717) is 16.9 Å². The van der Waals surface area contributed by atoms with Crippen LogP contribution in [-0.2, 0) is 19.9 Å². The molecule has 1 atom stereocenters. The highest BCUT2D eigenvalue weighted by atomic mass is 32.2. The molecule has 3 rings (SSSR count). The smallest absolute Gasteiger partial charge is 0.240 e. The standard InChI is InChI=1S/C21H22N2O5S2/c1-16-13-18(28-2)10-11-20(16)30(26,27)23-15-21(17-7-6-12-22-14-17)29(24,25)19-8-4-3-5-9-19/h3-14,21,23H,15H2,1-2H3/t21-/m0/s1. The van der Waals surface area contributed by atoms with E-state index in [1.165, 1.54) is 37.7 Å². The van der Waals surface area contributed by atoms with E-state index in [-0.39, 0.29) is 16.3 Å². The molecule has 0 aliphatic carbocycles. The van der Waals surface area contributed by atoms with Crippen LogP contribution in [0.3, 0.4) is 0 Å². The fourth-order valence-corrected chi connectivity index (χ4v) is 6.10. The van der Waals surface area contributed by atoms with Crippen molar-refractivity contribution in [3.8, 4) is 5.75 Å². The van der Waals surface area contributed by atoms with Gasteiger partial charge in [-0.1, -0.05) is 24.3 Å². The van der Waals surface area contributed by atoms with E-state index in [4.69, 9.17) is 4.74 Å². The zero-order chi connectivity index (χ0) is 21.8. The van der Waals surface area contributed by atoms with E-state index in [2.05, 4.69) is 9.71 Å². The molecule has 2 aromatic carbocycles. The molecule has 0 bridgehead atoms. The molecular formula is C21H22N2O5S2. The number of nitrogens with zero attached hydrogens (tertiary/aromatic N) is 1. The Kier molecular flexibility index (Phi) is 6.55. The van der Waals surface area contributed by atoms with Gasteiger partial charge >= 0.3 is 0 Å². The van der Waals surface area contributed by atoms with Gasteiger partial charge < -0.3 is 4.74 Å². The van der Waals surface area contributed by atoms with Crippen LogP contribution in [0.2, 0.25) is 0 Å². The van der Waals surface area contributed by atoms with E-state index >= 15 is 0 Å². The largest absolute Gasteiger partial charge is 0.497 e. The van der Waals surface area contributed by atoms with Gasteiger partial charge in [0.2, 0.25) is 10.0 Å². The first-order valence-electron chi connectivity index (χ1n) is 9.09. The predicted molar refractivity (Wildman–Crippen MR) is 114 cm³/mol. The quantitative estimate of drug-likeness (QED) is 0.571. The van der Waals surface area contributed by atoms with Crippen LogP contribution in [0.1, 0.15) is 16.4 Å². The number of pyridine rings is 1. The highest BCUT2D eigenvalue weighted by Crippen LogP contribution is 2.29. The topological polar surface area (TPSA) is 102 Å². The fourth-order valence-electron chi connectivity index (χ4n) is 3.06. The SMILES string of the molecule is COc1ccc(S(=O)(=O)NC[C@@H](c2cccnc2)S(=O)(=O)c2ccccc2)c(C)c1. The molecule has 7 nitrogen and oxygen atoms in total. The predicted octanol–water partition coefficient (Wildman–Crippen LogP) is 2.89.